The molecule has 1 aromatic heterocycles. The monoisotopic (exact) mass is 332 g/mol. The van der Waals surface area contributed by atoms with Gasteiger partial charge in [0.15, 0.2) is 12.2 Å². The van der Waals surface area contributed by atoms with Gasteiger partial charge in [-0.3, -0.25) is 9.59 Å². The zero-order chi connectivity index (χ0) is 17.1. The predicted molar refractivity (Wildman–Crippen MR) is 84.5 cm³/mol. The molecule has 1 unspecified atom stereocenters. The van der Waals surface area contributed by atoms with E-state index < -0.39 is 24.0 Å². The fourth-order valence-electron chi connectivity index (χ4n) is 2.97. The molecule has 7 nitrogen and oxygen atoms in total. The van der Waals surface area contributed by atoms with Gasteiger partial charge in [-0.15, -0.1) is 0 Å². The van der Waals surface area contributed by atoms with Crippen LogP contribution in [0.15, 0.2) is 46.6 Å². The highest BCUT2D eigenvalue weighted by atomic mass is 16.3. The van der Waals surface area contributed by atoms with E-state index in [1.165, 1.54) is 11.2 Å². The van der Waals surface area contributed by atoms with Crippen molar-refractivity contribution in [1.82, 2.24) is 10.2 Å². The number of aliphatic hydroxyl groups is 2. The maximum Gasteiger partial charge on any atom is 0.255 e. The van der Waals surface area contributed by atoms with Crippen molar-refractivity contribution in [3.8, 4) is 0 Å². The number of likely N-dealkylation sites (tertiary alicyclic amines) is 1. The average Bonchev–Trinajstić information content (AvgIpc) is 3.26. The molecule has 0 spiro atoms. The van der Waals surface area contributed by atoms with Crippen LogP contribution in [0.5, 0.6) is 0 Å². The Balaban J connectivity index is 1.54. The number of amides is 2. The van der Waals surface area contributed by atoms with Gasteiger partial charge in [0.1, 0.15) is 5.76 Å². The van der Waals surface area contributed by atoms with E-state index in [4.69, 9.17) is 4.42 Å². The maximum absolute atomic E-state index is 12.3. The van der Waals surface area contributed by atoms with Crippen molar-refractivity contribution in [2.24, 2.45) is 5.92 Å². The van der Waals surface area contributed by atoms with Gasteiger partial charge < -0.3 is 24.8 Å². The summed E-state index contributed by atoms with van der Waals surface area (Å²) in [7, 11) is 0. The van der Waals surface area contributed by atoms with Crippen LogP contribution in [0.4, 0.5) is 0 Å². The van der Waals surface area contributed by atoms with Crippen molar-refractivity contribution < 1.29 is 24.2 Å². The van der Waals surface area contributed by atoms with Crippen LogP contribution in [-0.4, -0.2) is 52.2 Å². The average molecular weight is 332 g/mol. The van der Waals surface area contributed by atoms with E-state index in [0.717, 1.165) is 12.0 Å². The molecule has 2 amide bonds. The highest BCUT2D eigenvalue weighted by Crippen LogP contribution is 2.29. The molecule has 2 heterocycles. The molecule has 3 N–H and O–H groups in total. The summed E-state index contributed by atoms with van der Waals surface area (Å²) in [5.41, 5.74) is 1.13. The lowest BCUT2D eigenvalue weighted by molar-refractivity contribution is -0.152. The Morgan fingerprint density at radius 3 is 2.92 bits per heavy atom. The highest BCUT2D eigenvalue weighted by molar-refractivity contribution is 5.91. The molecule has 0 bridgehead atoms. The first kappa shape index (κ1) is 16.5. The van der Waals surface area contributed by atoms with E-state index in [0.29, 0.717) is 18.8 Å². The molecule has 0 saturated carbocycles. The van der Waals surface area contributed by atoms with Crippen molar-refractivity contribution in [2.75, 3.05) is 13.1 Å². The van der Waals surface area contributed by atoms with Crippen LogP contribution in [0.2, 0.25) is 0 Å². The molecule has 1 fully saturated rings. The molecule has 0 aromatic carbocycles. The van der Waals surface area contributed by atoms with Crippen LogP contribution in [0.25, 0.3) is 0 Å². The number of carbonyl (C=O) groups excluding carboxylic acids is 2. The number of allylic oxidation sites excluding steroid dienone is 3. The third kappa shape index (κ3) is 3.42. The minimum atomic E-state index is -1.82. The van der Waals surface area contributed by atoms with E-state index in [1.807, 2.05) is 18.2 Å². The summed E-state index contributed by atoms with van der Waals surface area (Å²) in [6.45, 7) is 0.993. The zero-order valence-corrected chi connectivity index (χ0v) is 13.1. The fourth-order valence-corrected chi connectivity index (χ4v) is 2.97. The quantitative estimate of drug-likeness (QED) is 0.702. The summed E-state index contributed by atoms with van der Waals surface area (Å²) in [4.78, 5) is 25.7. The second-order valence-corrected chi connectivity index (χ2v) is 6.01. The van der Waals surface area contributed by atoms with Gasteiger partial charge in [0.25, 0.3) is 11.8 Å². The fraction of sp³-hybridized carbons (Fsp3) is 0.412. The molecular weight excluding hydrogens is 312 g/mol. The van der Waals surface area contributed by atoms with Crippen molar-refractivity contribution >= 4 is 11.8 Å². The Hall–Kier alpha value is -2.38. The predicted octanol–water partition coefficient (Wildman–Crippen LogP) is -0.0377. The highest BCUT2D eigenvalue weighted by Gasteiger charge is 2.37. The van der Waals surface area contributed by atoms with Crippen molar-refractivity contribution in [2.45, 2.75) is 25.2 Å². The Kier molecular flexibility index (Phi) is 4.82. The van der Waals surface area contributed by atoms with Crippen LogP contribution in [0, 0.1) is 5.92 Å². The maximum atomic E-state index is 12.3. The zero-order valence-electron chi connectivity index (χ0n) is 13.1. The minimum absolute atomic E-state index is 0.0775. The second kappa shape index (κ2) is 7.02. The number of nitrogens with zero attached hydrogens (tertiary/aromatic N) is 1. The Morgan fingerprint density at radius 1 is 1.38 bits per heavy atom. The third-order valence-electron chi connectivity index (χ3n) is 4.35. The number of fused-ring (bicyclic) bond motifs is 1. The molecule has 2 aliphatic rings. The van der Waals surface area contributed by atoms with Gasteiger partial charge in [0.2, 0.25) is 0 Å². The number of rotatable bonds is 5. The van der Waals surface area contributed by atoms with Crippen LogP contribution in [0.3, 0.4) is 0 Å². The number of nitrogens with one attached hydrogen (secondary N) is 1. The van der Waals surface area contributed by atoms with Crippen LogP contribution in [-0.2, 0) is 16.1 Å². The number of carbonyl (C=O) groups is 2. The molecule has 24 heavy (non-hydrogen) atoms. The molecule has 3 rings (SSSR count). The summed E-state index contributed by atoms with van der Waals surface area (Å²) in [5.74, 6) is -0.675. The summed E-state index contributed by atoms with van der Waals surface area (Å²) in [6.07, 6.45) is 4.69. The molecule has 1 saturated heterocycles. The Morgan fingerprint density at radius 2 is 2.21 bits per heavy atom. The third-order valence-corrected chi connectivity index (χ3v) is 4.35. The standard InChI is InChI=1S/C17H20N2O5/c20-14(16(22)18-8-13-6-3-7-24-13)15(21)17(23)19-9-11-4-1-2-5-12(11)10-19/h1-4,6-7,12,14-15,20-21H,5,8-10H2,(H,18,22)/t12?,14-,15-/m1/s1. The van der Waals surface area contributed by atoms with Gasteiger partial charge in [0.05, 0.1) is 12.8 Å². The molecule has 128 valence electrons. The van der Waals surface area contributed by atoms with Gasteiger partial charge in [-0.25, -0.2) is 0 Å². The SMILES string of the molecule is O=C(NCc1ccco1)[C@H](O)[C@@H](O)C(=O)N1CC2=CC=CCC2C1. The van der Waals surface area contributed by atoms with Crippen molar-refractivity contribution in [1.29, 1.82) is 0 Å². The van der Waals surface area contributed by atoms with Gasteiger partial charge in [-0.1, -0.05) is 18.2 Å². The molecule has 1 aromatic rings. The van der Waals surface area contributed by atoms with E-state index in [2.05, 4.69) is 5.32 Å². The number of furan rings is 1. The van der Waals surface area contributed by atoms with Gasteiger partial charge in [-0.2, -0.15) is 0 Å². The lowest BCUT2D eigenvalue weighted by Crippen LogP contribution is -2.50. The van der Waals surface area contributed by atoms with Gasteiger partial charge in [-0.05, 0) is 24.1 Å². The largest absolute Gasteiger partial charge is 0.467 e. The van der Waals surface area contributed by atoms with Gasteiger partial charge in [0, 0.05) is 19.0 Å². The van der Waals surface area contributed by atoms with E-state index in [9.17, 15) is 19.8 Å². The molecule has 1 aliphatic carbocycles. The number of hydrogen-bond acceptors (Lipinski definition) is 5. The first-order chi connectivity index (χ1) is 11.6. The van der Waals surface area contributed by atoms with Crippen LogP contribution in [0.1, 0.15) is 12.2 Å². The molecule has 7 heteroatoms. The number of hydrogen-bond donors (Lipinski definition) is 3. The Bertz CT molecular complexity index is 665. The van der Waals surface area contributed by atoms with E-state index in [1.54, 1.807) is 12.1 Å². The summed E-state index contributed by atoms with van der Waals surface area (Å²) in [5, 5.41) is 22.4. The lowest BCUT2D eigenvalue weighted by atomic mass is 9.95. The molecule has 1 aliphatic heterocycles. The lowest BCUT2D eigenvalue weighted by Gasteiger charge is -2.22. The summed E-state index contributed by atoms with van der Waals surface area (Å²) in [6, 6.07) is 3.34. The topological polar surface area (TPSA) is 103 Å². The summed E-state index contributed by atoms with van der Waals surface area (Å²) >= 11 is 0. The smallest absolute Gasteiger partial charge is 0.255 e. The van der Waals surface area contributed by atoms with Crippen LogP contribution >= 0.6 is 0 Å². The van der Waals surface area contributed by atoms with Crippen LogP contribution < -0.4 is 5.32 Å². The normalized spacial score (nSPS) is 21.8. The van der Waals surface area contributed by atoms with E-state index >= 15 is 0 Å². The first-order valence-corrected chi connectivity index (χ1v) is 7.87. The van der Waals surface area contributed by atoms with Crippen molar-refractivity contribution in [3.05, 3.63) is 48.0 Å². The second-order valence-electron chi connectivity index (χ2n) is 6.01. The first-order valence-electron chi connectivity index (χ1n) is 7.87. The molecule has 0 radical (unpaired) electrons. The number of aliphatic hydroxyl groups excluding tert-OH is 2. The molecule has 3 atom stereocenters. The Labute approximate surface area is 139 Å². The minimum Gasteiger partial charge on any atom is -0.467 e. The van der Waals surface area contributed by atoms with E-state index in [-0.39, 0.29) is 12.5 Å². The molecular formula is C17H20N2O5. The van der Waals surface area contributed by atoms with Gasteiger partial charge >= 0.3 is 0 Å². The summed E-state index contributed by atoms with van der Waals surface area (Å²) < 4.78 is 5.06. The van der Waals surface area contributed by atoms with Crippen molar-refractivity contribution in [3.63, 3.8) is 0 Å².